The average molecular weight is 342 g/mol. The second-order valence-electron chi connectivity index (χ2n) is 9.76. The molecule has 1 heterocycles. The van der Waals surface area contributed by atoms with Crippen LogP contribution in [0.2, 0.25) is 0 Å². The third-order valence-corrected chi connectivity index (χ3v) is 8.97. The third-order valence-electron chi connectivity index (χ3n) is 8.97. The van der Waals surface area contributed by atoms with Gasteiger partial charge in [-0.3, -0.25) is 4.79 Å². The van der Waals surface area contributed by atoms with Crippen LogP contribution in [0, 0.1) is 28.6 Å². The second-order valence-corrected chi connectivity index (χ2v) is 9.76. The van der Waals surface area contributed by atoms with Crippen LogP contribution in [0.25, 0.3) is 0 Å². The highest BCUT2D eigenvalue weighted by atomic mass is 16.6. The number of rotatable bonds is 0. The van der Waals surface area contributed by atoms with Crippen molar-refractivity contribution in [3.05, 3.63) is 23.8 Å². The van der Waals surface area contributed by atoms with Gasteiger partial charge in [-0.05, 0) is 73.7 Å². The Morgan fingerprint density at radius 1 is 1.08 bits per heavy atom. The monoisotopic (exact) mass is 342 g/mol. The van der Waals surface area contributed by atoms with Crippen LogP contribution in [0.1, 0.15) is 65.2 Å². The molecule has 0 radical (unpaired) electrons. The fourth-order valence-corrected chi connectivity index (χ4v) is 7.44. The highest BCUT2D eigenvalue weighted by Crippen LogP contribution is 2.68. The van der Waals surface area contributed by atoms with Gasteiger partial charge < -0.3 is 9.84 Å². The molecule has 5 aliphatic rings. The van der Waals surface area contributed by atoms with E-state index in [1.807, 2.05) is 0 Å². The Bertz CT molecular complexity index is 679. The molecule has 4 aliphatic carbocycles. The van der Waals surface area contributed by atoms with Gasteiger partial charge in [-0.15, -0.1) is 0 Å². The molecule has 3 heteroatoms. The molecule has 0 aromatic heterocycles. The van der Waals surface area contributed by atoms with Crippen LogP contribution in [0.3, 0.4) is 0 Å². The lowest BCUT2D eigenvalue weighted by Gasteiger charge is -2.57. The maximum Gasteiger partial charge on any atom is 0.306 e. The second kappa shape index (κ2) is 5.00. The molecule has 1 N–H and O–H groups in total. The summed E-state index contributed by atoms with van der Waals surface area (Å²) in [6.45, 7) is 4.83. The number of fused-ring (bicyclic) bond motifs is 6. The van der Waals surface area contributed by atoms with Crippen molar-refractivity contribution in [3.8, 4) is 0 Å². The van der Waals surface area contributed by atoms with Gasteiger partial charge in [0.25, 0.3) is 0 Å². The van der Waals surface area contributed by atoms with E-state index in [0.29, 0.717) is 24.2 Å². The first-order chi connectivity index (χ1) is 11.9. The predicted molar refractivity (Wildman–Crippen MR) is 95.7 cm³/mol. The van der Waals surface area contributed by atoms with Crippen LogP contribution >= 0.6 is 0 Å². The molecule has 2 saturated carbocycles. The number of esters is 1. The summed E-state index contributed by atoms with van der Waals surface area (Å²) in [5.41, 5.74) is 1.52. The van der Waals surface area contributed by atoms with E-state index in [1.165, 1.54) is 24.8 Å². The summed E-state index contributed by atoms with van der Waals surface area (Å²) in [6, 6.07) is 0. The molecule has 1 aliphatic heterocycles. The topological polar surface area (TPSA) is 46.5 Å². The largest absolute Gasteiger partial charge is 0.458 e. The Balaban J connectivity index is 1.52. The van der Waals surface area contributed by atoms with Gasteiger partial charge in [-0.2, -0.15) is 0 Å². The molecule has 0 unspecified atom stereocenters. The van der Waals surface area contributed by atoms with Gasteiger partial charge in [0.15, 0.2) is 0 Å². The molecule has 1 saturated heterocycles. The van der Waals surface area contributed by atoms with Crippen molar-refractivity contribution in [2.45, 2.75) is 76.9 Å². The number of ether oxygens (including phenoxy) is 1. The SMILES string of the molecule is C[C@]12CC[C@@H]3[C@@H](C=CC4=C[C@@H](O)CC[C@]43C)[C@H]1CC[C@]21CCC(=O)O1. The van der Waals surface area contributed by atoms with E-state index in [2.05, 4.69) is 32.1 Å². The Hall–Kier alpha value is -1.09. The number of allylic oxidation sites excluding steroid dienone is 3. The zero-order valence-electron chi connectivity index (χ0n) is 15.5. The Labute approximate surface area is 150 Å². The van der Waals surface area contributed by atoms with E-state index in [0.717, 1.165) is 25.7 Å². The lowest BCUT2D eigenvalue weighted by atomic mass is 9.48. The summed E-state index contributed by atoms with van der Waals surface area (Å²) < 4.78 is 6.00. The third kappa shape index (κ3) is 1.94. The summed E-state index contributed by atoms with van der Waals surface area (Å²) in [7, 11) is 0. The predicted octanol–water partition coefficient (Wildman–Crippen LogP) is 4.16. The van der Waals surface area contributed by atoms with Crippen molar-refractivity contribution in [3.63, 3.8) is 0 Å². The number of hydrogen-bond donors (Lipinski definition) is 1. The maximum atomic E-state index is 11.9. The van der Waals surface area contributed by atoms with Gasteiger partial charge in [0.05, 0.1) is 6.10 Å². The van der Waals surface area contributed by atoms with Crippen molar-refractivity contribution in [1.82, 2.24) is 0 Å². The molecule has 7 atom stereocenters. The van der Waals surface area contributed by atoms with Crippen LogP contribution in [-0.2, 0) is 9.53 Å². The van der Waals surface area contributed by atoms with Crippen LogP contribution in [0.5, 0.6) is 0 Å². The van der Waals surface area contributed by atoms with Crippen molar-refractivity contribution < 1.29 is 14.6 Å². The zero-order valence-corrected chi connectivity index (χ0v) is 15.5. The molecule has 3 fully saturated rings. The first-order valence-corrected chi connectivity index (χ1v) is 10.2. The number of hydrogen-bond acceptors (Lipinski definition) is 3. The number of carbonyl (C=O) groups excluding carboxylic acids is 1. The molecule has 0 aromatic rings. The van der Waals surface area contributed by atoms with Crippen molar-refractivity contribution >= 4 is 5.97 Å². The van der Waals surface area contributed by atoms with Gasteiger partial charge in [-0.1, -0.05) is 32.1 Å². The number of aliphatic hydroxyl groups excluding tert-OH is 1. The fraction of sp³-hybridized carbons (Fsp3) is 0.773. The van der Waals surface area contributed by atoms with E-state index in [1.54, 1.807) is 0 Å². The molecule has 136 valence electrons. The molecule has 25 heavy (non-hydrogen) atoms. The van der Waals surface area contributed by atoms with E-state index < -0.39 is 0 Å². The molecule has 0 aromatic carbocycles. The van der Waals surface area contributed by atoms with Crippen molar-refractivity contribution in [2.75, 3.05) is 0 Å². The standard InChI is InChI=1S/C22H30O3/c1-20-9-5-15(23)13-14(20)3-4-16-17(20)6-10-21(2)18(16)7-11-22(21)12-8-19(24)25-22/h3-4,13,15-18,23H,5-12H2,1-2H3/t15-,16+,17+,18+,20+,21-,22-/m0/s1. The summed E-state index contributed by atoms with van der Waals surface area (Å²) in [5.74, 6) is 1.90. The fourth-order valence-electron chi connectivity index (χ4n) is 7.44. The molecule has 0 amide bonds. The highest BCUT2D eigenvalue weighted by Gasteiger charge is 2.66. The Kier molecular flexibility index (Phi) is 3.22. The number of carbonyl (C=O) groups is 1. The van der Waals surface area contributed by atoms with Gasteiger partial charge in [0, 0.05) is 11.8 Å². The summed E-state index contributed by atoms with van der Waals surface area (Å²) in [5, 5.41) is 10.1. The normalized spacial score (nSPS) is 53.9. The zero-order chi connectivity index (χ0) is 17.4. The minimum Gasteiger partial charge on any atom is -0.458 e. The average Bonchev–Trinajstić information content (AvgIpc) is 3.10. The Morgan fingerprint density at radius 3 is 2.64 bits per heavy atom. The van der Waals surface area contributed by atoms with Crippen molar-refractivity contribution in [2.24, 2.45) is 28.6 Å². The van der Waals surface area contributed by atoms with Crippen LogP contribution in [0.15, 0.2) is 23.8 Å². The molecule has 5 rings (SSSR count). The molecule has 3 nitrogen and oxygen atoms in total. The summed E-state index contributed by atoms with van der Waals surface area (Å²) in [6.07, 6.45) is 14.7. The van der Waals surface area contributed by atoms with Crippen LogP contribution in [0.4, 0.5) is 0 Å². The van der Waals surface area contributed by atoms with Gasteiger partial charge >= 0.3 is 5.97 Å². The lowest BCUT2D eigenvalue weighted by Crippen LogP contribution is -2.53. The minimum absolute atomic E-state index is 0.0154. The first kappa shape index (κ1) is 16.1. The molecular weight excluding hydrogens is 312 g/mol. The lowest BCUT2D eigenvalue weighted by molar-refractivity contribution is -0.165. The van der Waals surface area contributed by atoms with Crippen LogP contribution in [-0.4, -0.2) is 22.8 Å². The Morgan fingerprint density at radius 2 is 1.88 bits per heavy atom. The summed E-state index contributed by atoms with van der Waals surface area (Å²) >= 11 is 0. The van der Waals surface area contributed by atoms with Gasteiger partial charge in [0.1, 0.15) is 5.60 Å². The van der Waals surface area contributed by atoms with E-state index in [-0.39, 0.29) is 28.5 Å². The molecule has 0 bridgehead atoms. The van der Waals surface area contributed by atoms with Crippen molar-refractivity contribution in [1.29, 1.82) is 0 Å². The van der Waals surface area contributed by atoms with E-state index in [4.69, 9.17) is 4.74 Å². The smallest absolute Gasteiger partial charge is 0.306 e. The number of aliphatic hydroxyl groups is 1. The molecular formula is C22H30O3. The van der Waals surface area contributed by atoms with Crippen LogP contribution < -0.4 is 0 Å². The molecule has 1 spiro atoms. The highest BCUT2D eigenvalue weighted by molar-refractivity contribution is 5.72. The minimum atomic E-state index is -0.272. The first-order valence-electron chi connectivity index (χ1n) is 10.2. The quantitative estimate of drug-likeness (QED) is 0.672. The maximum absolute atomic E-state index is 11.9. The van der Waals surface area contributed by atoms with E-state index in [9.17, 15) is 9.90 Å². The van der Waals surface area contributed by atoms with Gasteiger partial charge in [0.2, 0.25) is 0 Å². The summed E-state index contributed by atoms with van der Waals surface area (Å²) in [4.78, 5) is 11.9. The van der Waals surface area contributed by atoms with Gasteiger partial charge in [-0.25, -0.2) is 0 Å². The van der Waals surface area contributed by atoms with E-state index >= 15 is 0 Å².